The van der Waals surface area contributed by atoms with Crippen molar-refractivity contribution in [3.8, 4) is 56.5 Å². The molecule has 0 fully saturated rings. The van der Waals surface area contributed by atoms with Crippen molar-refractivity contribution in [2.24, 2.45) is 0 Å². The van der Waals surface area contributed by atoms with Gasteiger partial charge >= 0.3 is 0 Å². The Morgan fingerprint density at radius 3 is 1.72 bits per heavy atom. The van der Waals surface area contributed by atoms with Crippen LogP contribution >= 0.6 is 0 Å². The number of hydrogen-bond donors (Lipinski definition) is 0. The third-order valence-corrected chi connectivity index (χ3v) is 9.00. The van der Waals surface area contributed by atoms with E-state index in [0.717, 1.165) is 85.1 Å². The summed E-state index contributed by atoms with van der Waals surface area (Å²) in [6.45, 7) is 0. The van der Waals surface area contributed by atoms with E-state index in [1.165, 1.54) is 0 Å². The van der Waals surface area contributed by atoms with Crippen LogP contribution in [0, 0.1) is 0 Å². The molecule has 0 saturated heterocycles. The number of aromatic nitrogens is 6. The minimum atomic E-state index is 0.655. The first-order valence-corrected chi connectivity index (χ1v) is 16.8. The fourth-order valence-electron chi connectivity index (χ4n) is 6.33. The van der Waals surface area contributed by atoms with Gasteiger partial charge in [-0.15, -0.1) is 0 Å². The van der Waals surface area contributed by atoms with Crippen molar-refractivity contribution >= 4 is 27.4 Å². The zero-order chi connectivity index (χ0) is 33.3. The highest BCUT2D eigenvalue weighted by atomic mass is 15.0. The monoisotopic (exact) mass is 642 g/mol. The molecular formula is C44H30N6. The van der Waals surface area contributed by atoms with Gasteiger partial charge in [0.2, 0.25) is 0 Å². The van der Waals surface area contributed by atoms with Crippen LogP contribution in [0.1, 0.15) is 18.7 Å². The van der Waals surface area contributed by atoms with Gasteiger partial charge in [0.25, 0.3) is 0 Å². The second-order valence-corrected chi connectivity index (χ2v) is 12.3. The minimum absolute atomic E-state index is 0.655. The molecule has 236 valence electrons. The Kier molecular flexibility index (Phi) is 7.52. The van der Waals surface area contributed by atoms with Gasteiger partial charge in [0, 0.05) is 39.2 Å². The fraction of sp³-hybridized carbons (Fsp3) is 0.0455. The van der Waals surface area contributed by atoms with Crippen LogP contribution in [0.4, 0.5) is 0 Å². The topological polar surface area (TPSA) is 77.3 Å². The maximum absolute atomic E-state index is 5.10. The molecule has 0 radical (unpaired) electrons. The van der Waals surface area contributed by atoms with E-state index in [4.69, 9.17) is 24.9 Å². The molecule has 4 heterocycles. The number of benzene rings is 4. The van der Waals surface area contributed by atoms with Gasteiger partial charge in [-0.25, -0.2) is 24.9 Å². The van der Waals surface area contributed by atoms with Crippen molar-refractivity contribution in [1.29, 1.82) is 0 Å². The summed E-state index contributed by atoms with van der Waals surface area (Å²) >= 11 is 0. The van der Waals surface area contributed by atoms with Gasteiger partial charge in [0.1, 0.15) is 0 Å². The summed E-state index contributed by atoms with van der Waals surface area (Å²) in [4.78, 5) is 29.2. The summed E-state index contributed by atoms with van der Waals surface area (Å²) in [6, 6.07) is 45.4. The van der Waals surface area contributed by atoms with Crippen molar-refractivity contribution in [3.63, 3.8) is 0 Å². The normalized spacial score (nSPS) is 12.7. The lowest BCUT2D eigenvalue weighted by Crippen LogP contribution is -2.03. The molecule has 4 aromatic heterocycles. The van der Waals surface area contributed by atoms with Gasteiger partial charge in [-0.2, -0.15) is 0 Å². The van der Waals surface area contributed by atoms with Crippen LogP contribution in [0.15, 0.2) is 158 Å². The Balaban J connectivity index is 1.04. The van der Waals surface area contributed by atoms with Gasteiger partial charge in [-0.1, -0.05) is 115 Å². The summed E-state index contributed by atoms with van der Waals surface area (Å²) in [5, 5.41) is 2.16. The molecule has 6 nitrogen and oxygen atoms in total. The highest BCUT2D eigenvalue weighted by molar-refractivity contribution is 5.89. The summed E-state index contributed by atoms with van der Waals surface area (Å²) < 4.78 is 0. The largest absolute Gasteiger partial charge is 0.255 e. The zero-order valence-electron chi connectivity index (χ0n) is 27.1. The van der Waals surface area contributed by atoms with Gasteiger partial charge in [-0.05, 0) is 60.4 Å². The second kappa shape index (κ2) is 12.7. The average molecular weight is 643 g/mol. The van der Waals surface area contributed by atoms with E-state index in [9.17, 15) is 0 Å². The first-order chi connectivity index (χ1) is 24.7. The number of hydrogen-bond acceptors (Lipinski definition) is 6. The molecule has 0 bridgehead atoms. The summed E-state index contributed by atoms with van der Waals surface area (Å²) in [7, 11) is 0. The maximum atomic E-state index is 5.10. The van der Waals surface area contributed by atoms with Crippen LogP contribution in [0.5, 0.6) is 0 Å². The van der Waals surface area contributed by atoms with E-state index in [1.807, 2.05) is 54.6 Å². The maximum Gasteiger partial charge on any atom is 0.164 e. The van der Waals surface area contributed by atoms with E-state index in [-0.39, 0.29) is 0 Å². The lowest BCUT2D eigenvalue weighted by molar-refractivity contribution is 1.01. The van der Waals surface area contributed by atoms with Crippen molar-refractivity contribution in [1.82, 2.24) is 29.9 Å². The average Bonchev–Trinajstić information content (AvgIpc) is 3.21. The molecule has 0 aliphatic heterocycles. The van der Waals surface area contributed by atoms with Gasteiger partial charge in [0.05, 0.1) is 28.1 Å². The molecule has 0 saturated carbocycles. The van der Waals surface area contributed by atoms with Crippen molar-refractivity contribution in [2.45, 2.75) is 12.8 Å². The predicted molar refractivity (Wildman–Crippen MR) is 202 cm³/mol. The smallest absolute Gasteiger partial charge is 0.164 e. The third kappa shape index (κ3) is 5.84. The molecule has 0 N–H and O–H groups in total. The van der Waals surface area contributed by atoms with E-state index >= 15 is 0 Å². The minimum Gasteiger partial charge on any atom is -0.255 e. The van der Waals surface area contributed by atoms with Crippen LogP contribution in [-0.2, 0) is 0 Å². The van der Waals surface area contributed by atoms with E-state index < -0.39 is 0 Å². The van der Waals surface area contributed by atoms with Crippen molar-refractivity contribution in [2.75, 3.05) is 0 Å². The number of rotatable bonds is 6. The van der Waals surface area contributed by atoms with Gasteiger partial charge in [0.15, 0.2) is 17.5 Å². The van der Waals surface area contributed by atoms with Crippen LogP contribution < -0.4 is 0 Å². The standard InChI is InChI=1S/C44H30N6/c1-3-9-32(10-4-1)42-48-43(33-11-5-2-6-12-33)50-44(49-42)34-18-14-29(15-19-34)35-20-16-30-22-24-37(46-40(30)27-35)36-21-17-31-23-25-39(47-41(31)28-36)38-13-7-8-26-45-38/h1,3-5,7-28H,2,6H2. The first kappa shape index (κ1) is 29.5. The molecule has 1 aliphatic rings. The van der Waals surface area contributed by atoms with E-state index in [2.05, 4.69) is 102 Å². The molecule has 0 spiro atoms. The SMILES string of the molecule is C1=CC(c2nc(-c3ccccc3)nc(-c3ccc(-c4ccc5ccc(-c6ccc7ccc(-c8ccccn8)nc7c6)nc5c4)cc3)n2)=CCC1. The second-order valence-electron chi connectivity index (χ2n) is 12.3. The van der Waals surface area contributed by atoms with E-state index in [0.29, 0.717) is 17.5 Å². The molecule has 0 amide bonds. The third-order valence-electron chi connectivity index (χ3n) is 9.00. The summed E-state index contributed by atoms with van der Waals surface area (Å²) in [5.41, 5.74) is 10.6. The number of nitrogens with zero attached hydrogens (tertiary/aromatic N) is 6. The summed E-state index contributed by atoms with van der Waals surface area (Å²) in [6.07, 6.45) is 10.3. The Morgan fingerprint density at radius 1 is 0.400 bits per heavy atom. The van der Waals surface area contributed by atoms with Crippen molar-refractivity contribution in [3.05, 3.63) is 164 Å². The van der Waals surface area contributed by atoms with Gasteiger partial charge in [-0.3, -0.25) is 4.98 Å². The van der Waals surface area contributed by atoms with Gasteiger partial charge < -0.3 is 0 Å². The zero-order valence-corrected chi connectivity index (χ0v) is 27.1. The highest BCUT2D eigenvalue weighted by Gasteiger charge is 2.14. The summed E-state index contributed by atoms with van der Waals surface area (Å²) in [5.74, 6) is 2.02. The quantitative estimate of drug-likeness (QED) is 0.180. The molecule has 4 aromatic carbocycles. The molecular weight excluding hydrogens is 613 g/mol. The first-order valence-electron chi connectivity index (χ1n) is 16.8. The Morgan fingerprint density at radius 2 is 1.00 bits per heavy atom. The van der Waals surface area contributed by atoms with Crippen LogP contribution in [-0.4, -0.2) is 29.9 Å². The predicted octanol–water partition coefficient (Wildman–Crippen LogP) is 10.4. The fourth-order valence-corrected chi connectivity index (χ4v) is 6.33. The van der Waals surface area contributed by atoms with Crippen molar-refractivity contribution < 1.29 is 0 Å². The Bertz CT molecular complexity index is 2580. The Labute approximate surface area is 289 Å². The molecule has 1 aliphatic carbocycles. The lowest BCUT2D eigenvalue weighted by atomic mass is 10.0. The number of fused-ring (bicyclic) bond motifs is 2. The molecule has 9 rings (SSSR count). The van der Waals surface area contributed by atoms with E-state index in [1.54, 1.807) is 6.20 Å². The molecule has 0 atom stereocenters. The lowest BCUT2D eigenvalue weighted by Gasteiger charge is -2.11. The van der Waals surface area contributed by atoms with Crippen LogP contribution in [0.25, 0.3) is 83.9 Å². The Hall–Kier alpha value is -6.66. The number of pyridine rings is 3. The molecule has 8 aromatic rings. The molecule has 0 unspecified atom stereocenters. The number of allylic oxidation sites excluding steroid dienone is 4. The molecule has 6 heteroatoms. The van der Waals surface area contributed by atoms with Crippen LogP contribution in [0.3, 0.4) is 0 Å². The highest BCUT2D eigenvalue weighted by Crippen LogP contribution is 2.31. The molecule has 50 heavy (non-hydrogen) atoms. The van der Waals surface area contributed by atoms with Crippen LogP contribution in [0.2, 0.25) is 0 Å².